The van der Waals surface area contributed by atoms with E-state index in [0.717, 1.165) is 22.0 Å². The van der Waals surface area contributed by atoms with Gasteiger partial charge in [-0.3, -0.25) is 23.8 Å². The molecule has 0 radical (unpaired) electrons. The molecule has 0 aliphatic carbocycles. The number of halogens is 1. The number of amides is 2. The minimum absolute atomic E-state index is 0.0270. The van der Waals surface area contributed by atoms with Crippen molar-refractivity contribution in [3.8, 4) is 11.6 Å². The summed E-state index contributed by atoms with van der Waals surface area (Å²) in [5, 5.41) is 19.2. The number of hydrogen-bond acceptors (Lipinski definition) is 5. The van der Waals surface area contributed by atoms with E-state index in [4.69, 9.17) is 11.6 Å². The van der Waals surface area contributed by atoms with Gasteiger partial charge >= 0.3 is 5.69 Å². The topological polar surface area (TPSA) is 116 Å². The van der Waals surface area contributed by atoms with Crippen molar-refractivity contribution < 1.29 is 14.7 Å². The van der Waals surface area contributed by atoms with E-state index in [9.17, 15) is 19.5 Å². The van der Waals surface area contributed by atoms with Gasteiger partial charge in [-0.2, -0.15) is 5.10 Å². The number of benzene rings is 2. The van der Waals surface area contributed by atoms with Gasteiger partial charge in [0, 0.05) is 44.0 Å². The van der Waals surface area contributed by atoms with Crippen LogP contribution in [-0.2, 0) is 22.6 Å². The molecule has 1 saturated heterocycles. The number of H-pyrrole nitrogens is 1. The largest absolute Gasteiger partial charge is 0.493 e. The maximum atomic E-state index is 13.9. The molecule has 226 valence electrons. The van der Waals surface area contributed by atoms with Gasteiger partial charge < -0.3 is 14.9 Å². The van der Waals surface area contributed by atoms with Crippen LogP contribution >= 0.6 is 11.6 Å². The summed E-state index contributed by atoms with van der Waals surface area (Å²) in [4.78, 5) is 44.4. The van der Waals surface area contributed by atoms with Crippen LogP contribution in [-0.4, -0.2) is 65.7 Å². The maximum Gasteiger partial charge on any atom is 0.335 e. The van der Waals surface area contributed by atoms with Crippen molar-refractivity contribution in [3.05, 3.63) is 75.4 Å². The van der Waals surface area contributed by atoms with Crippen molar-refractivity contribution in [2.24, 2.45) is 11.3 Å². The molecule has 11 heteroatoms. The normalized spacial score (nSPS) is 18.2. The summed E-state index contributed by atoms with van der Waals surface area (Å²) in [7, 11) is 0. The number of imidazole rings is 1. The summed E-state index contributed by atoms with van der Waals surface area (Å²) >= 11 is 6.58. The number of aromatic nitrogens is 4. The molecule has 2 aliphatic heterocycles. The summed E-state index contributed by atoms with van der Waals surface area (Å²) in [5.74, 6) is -0.711. The lowest BCUT2D eigenvalue weighted by Crippen LogP contribution is -2.44. The van der Waals surface area contributed by atoms with Gasteiger partial charge in [-0.05, 0) is 54.0 Å². The molecule has 4 aromatic rings. The molecule has 4 heterocycles. The monoisotopic (exact) mass is 604 g/mol. The Morgan fingerprint density at radius 3 is 2.56 bits per heavy atom. The van der Waals surface area contributed by atoms with E-state index in [-0.39, 0.29) is 41.3 Å². The Morgan fingerprint density at radius 2 is 1.86 bits per heavy atom. The third-order valence-corrected chi connectivity index (χ3v) is 8.87. The molecule has 0 bridgehead atoms. The molecule has 0 unspecified atom stereocenters. The van der Waals surface area contributed by atoms with Gasteiger partial charge in [0.1, 0.15) is 0 Å². The molecule has 1 fully saturated rings. The zero-order chi connectivity index (χ0) is 30.5. The molecule has 2 aliphatic rings. The van der Waals surface area contributed by atoms with Crippen molar-refractivity contribution >= 4 is 34.3 Å². The molecule has 6 rings (SSSR count). The second-order valence-electron chi connectivity index (χ2n) is 13.0. The Morgan fingerprint density at radius 1 is 1.14 bits per heavy atom. The van der Waals surface area contributed by atoms with E-state index in [1.807, 2.05) is 41.3 Å². The highest BCUT2D eigenvalue weighted by Gasteiger charge is 2.36. The lowest BCUT2D eigenvalue weighted by atomic mass is 9.92. The van der Waals surface area contributed by atoms with Crippen LogP contribution in [0.5, 0.6) is 5.88 Å². The van der Waals surface area contributed by atoms with Gasteiger partial charge in [0.05, 0.1) is 34.5 Å². The molecule has 2 N–H and O–H groups in total. The molecule has 0 saturated carbocycles. The highest BCUT2D eigenvalue weighted by atomic mass is 35.5. The standard InChI is InChI=1S/C32H37ClN6O4/c1-32(2,3)19-37-17-25-20(14-26(33)29-24(25)16-34-35-29)13-21(30(37)42)15-27(40)36-11-9-23(10-12-36)39-28(41)18-38(31(39)43)22-7-5-4-6-8-22/h4-8,14,16,18,21,23,41H,9-13,15,17,19H2,1-3H3,(H,34,35)/t21-/m0/s1. The van der Waals surface area contributed by atoms with Gasteiger partial charge in [0.2, 0.25) is 17.7 Å². The van der Waals surface area contributed by atoms with Crippen molar-refractivity contribution in [1.82, 2.24) is 29.1 Å². The number of carbonyl (C=O) groups excluding carboxylic acids is 2. The van der Waals surface area contributed by atoms with E-state index in [1.54, 1.807) is 11.1 Å². The number of carbonyl (C=O) groups is 2. The Labute approximate surface area is 254 Å². The highest BCUT2D eigenvalue weighted by Crippen LogP contribution is 2.35. The third kappa shape index (κ3) is 5.68. The van der Waals surface area contributed by atoms with E-state index in [1.165, 1.54) is 15.3 Å². The fourth-order valence-corrected chi connectivity index (χ4v) is 6.85. The second kappa shape index (κ2) is 11.2. The average molecular weight is 605 g/mol. The second-order valence-corrected chi connectivity index (χ2v) is 13.4. The molecular formula is C32H37ClN6O4. The zero-order valence-electron chi connectivity index (χ0n) is 24.7. The van der Waals surface area contributed by atoms with Crippen molar-refractivity contribution in [2.45, 2.75) is 59.0 Å². The van der Waals surface area contributed by atoms with E-state index < -0.39 is 5.92 Å². The lowest BCUT2D eigenvalue weighted by Gasteiger charge is -2.34. The van der Waals surface area contributed by atoms with E-state index >= 15 is 0 Å². The molecule has 0 spiro atoms. The van der Waals surface area contributed by atoms with Crippen LogP contribution in [0.15, 0.2) is 53.6 Å². The number of hydrogen-bond donors (Lipinski definition) is 2. The smallest absolute Gasteiger partial charge is 0.335 e. The Hall–Kier alpha value is -4.05. The Bertz CT molecular complexity index is 1730. The first kappa shape index (κ1) is 29.0. The van der Waals surface area contributed by atoms with Crippen LogP contribution in [0.4, 0.5) is 0 Å². The molecule has 1 atom stereocenters. The fourth-order valence-electron chi connectivity index (χ4n) is 6.57. The number of rotatable bonds is 5. The predicted molar refractivity (Wildman–Crippen MR) is 164 cm³/mol. The highest BCUT2D eigenvalue weighted by molar-refractivity contribution is 6.35. The van der Waals surface area contributed by atoms with Crippen LogP contribution in [0.2, 0.25) is 5.02 Å². The van der Waals surface area contributed by atoms with Gasteiger partial charge in [-0.15, -0.1) is 0 Å². The molecule has 43 heavy (non-hydrogen) atoms. The average Bonchev–Trinajstić information content (AvgIpc) is 3.55. The molecule has 2 amide bonds. The van der Waals surface area contributed by atoms with Crippen LogP contribution in [0, 0.1) is 11.3 Å². The summed E-state index contributed by atoms with van der Waals surface area (Å²) in [6, 6.07) is 10.9. The maximum absolute atomic E-state index is 13.9. The number of piperidine rings is 1. The Kier molecular flexibility index (Phi) is 7.58. The van der Waals surface area contributed by atoms with Gasteiger partial charge in [0.25, 0.3) is 0 Å². The number of nitrogens with one attached hydrogen (secondary N) is 1. The van der Waals surface area contributed by atoms with Gasteiger partial charge in [-0.25, -0.2) is 4.79 Å². The minimum Gasteiger partial charge on any atom is -0.493 e. The lowest BCUT2D eigenvalue weighted by molar-refractivity contribution is -0.142. The van der Waals surface area contributed by atoms with Gasteiger partial charge in [-0.1, -0.05) is 50.6 Å². The van der Waals surface area contributed by atoms with E-state index in [0.29, 0.717) is 56.2 Å². The van der Waals surface area contributed by atoms with Crippen molar-refractivity contribution in [3.63, 3.8) is 0 Å². The number of aromatic hydroxyl groups is 1. The number of fused-ring (bicyclic) bond motifs is 3. The molecule has 2 aromatic carbocycles. The Balaban J connectivity index is 1.19. The summed E-state index contributed by atoms with van der Waals surface area (Å²) in [6.45, 7) is 8.18. The zero-order valence-corrected chi connectivity index (χ0v) is 25.5. The third-order valence-electron chi connectivity index (χ3n) is 8.57. The number of aromatic amines is 1. The fraction of sp³-hybridized carbons (Fsp3) is 0.438. The summed E-state index contributed by atoms with van der Waals surface area (Å²) in [6.07, 6.45) is 4.78. The number of nitrogens with zero attached hydrogens (tertiary/aromatic N) is 5. The van der Waals surface area contributed by atoms with Crippen molar-refractivity contribution in [2.75, 3.05) is 19.6 Å². The van der Waals surface area contributed by atoms with Crippen molar-refractivity contribution in [1.29, 1.82) is 0 Å². The number of para-hydroxylation sites is 1. The first-order valence-corrected chi connectivity index (χ1v) is 15.2. The van der Waals surface area contributed by atoms with Crippen LogP contribution in [0.3, 0.4) is 0 Å². The first-order chi connectivity index (χ1) is 20.5. The predicted octanol–water partition coefficient (Wildman–Crippen LogP) is 4.68. The molecule has 10 nitrogen and oxygen atoms in total. The van der Waals surface area contributed by atoms with Crippen LogP contribution in [0.25, 0.3) is 16.6 Å². The van der Waals surface area contributed by atoms with Crippen LogP contribution < -0.4 is 5.69 Å². The summed E-state index contributed by atoms with van der Waals surface area (Å²) < 4.78 is 2.86. The first-order valence-electron chi connectivity index (χ1n) is 14.8. The molecule has 2 aromatic heterocycles. The van der Waals surface area contributed by atoms with Gasteiger partial charge in [0.15, 0.2) is 0 Å². The van der Waals surface area contributed by atoms with E-state index in [2.05, 4.69) is 31.0 Å². The minimum atomic E-state index is -0.513. The quantitative estimate of drug-likeness (QED) is 0.343. The SMILES string of the molecule is CC(C)(C)CN1Cc2c(cc(Cl)c3[nH]ncc23)C[C@@H](CC(=O)N2CCC(n3c(O)cn(-c4ccccc4)c3=O)CC2)C1=O. The molecular weight excluding hydrogens is 568 g/mol. The number of likely N-dealkylation sites (tertiary alicyclic amines) is 1. The van der Waals surface area contributed by atoms with Crippen LogP contribution in [0.1, 0.15) is 57.2 Å². The summed E-state index contributed by atoms with van der Waals surface area (Å²) in [5.41, 5.74) is 3.00.